The van der Waals surface area contributed by atoms with Gasteiger partial charge >= 0.3 is 0 Å². The lowest BCUT2D eigenvalue weighted by molar-refractivity contribution is -0.115. The van der Waals surface area contributed by atoms with Gasteiger partial charge in [-0.25, -0.2) is 4.98 Å². The Morgan fingerprint density at radius 2 is 2.10 bits per heavy atom. The van der Waals surface area contributed by atoms with Crippen LogP contribution in [-0.4, -0.2) is 30.9 Å². The van der Waals surface area contributed by atoms with Gasteiger partial charge in [-0.1, -0.05) is 35.5 Å². The highest BCUT2D eigenvalue weighted by Crippen LogP contribution is 2.30. The summed E-state index contributed by atoms with van der Waals surface area (Å²) in [6, 6.07) is 7.31. The first-order valence-electron chi connectivity index (χ1n) is 9.13. The Balaban J connectivity index is 1.69. The molecule has 29 heavy (non-hydrogen) atoms. The number of aryl methyl sites for hydroxylation is 1. The summed E-state index contributed by atoms with van der Waals surface area (Å²) in [5.41, 5.74) is 0.883. The maximum Gasteiger partial charge on any atom is 0.239 e. The molecular formula is C19H22ClN5O2S2. The molecule has 0 saturated heterocycles. The second-order valence-electron chi connectivity index (χ2n) is 6.32. The largest absolute Gasteiger partial charge is 0.481 e. The van der Waals surface area contributed by atoms with Crippen molar-refractivity contribution in [2.45, 2.75) is 50.8 Å². The van der Waals surface area contributed by atoms with Crippen molar-refractivity contribution in [1.82, 2.24) is 19.7 Å². The van der Waals surface area contributed by atoms with Crippen molar-refractivity contribution < 1.29 is 9.53 Å². The number of hydrogen-bond donors (Lipinski definition) is 1. The number of carbonyl (C=O) groups is 1. The number of carbonyl (C=O) groups excluding carboxylic acids is 1. The van der Waals surface area contributed by atoms with Crippen molar-refractivity contribution in [3.05, 3.63) is 46.2 Å². The molecule has 0 bridgehead atoms. The predicted molar refractivity (Wildman–Crippen MR) is 117 cm³/mol. The van der Waals surface area contributed by atoms with Gasteiger partial charge in [-0.2, -0.15) is 0 Å². The normalized spacial score (nSPS) is 13.1. The monoisotopic (exact) mass is 451 g/mol. The Morgan fingerprint density at radius 3 is 2.76 bits per heavy atom. The Bertz CT molecular complexity index is 991. The second kappa shape index (κ2) is 9.60. The number of thioether (sulfide) groups is 1. The van der Waals surface area contributed by atoms with Crippen LogP contribution < -0.4 is 10.1 Å². The zero-order chi connectivity index (χ0) is 21.0. The average molecular weight is 452 g/mol. The molecule has 154 valence electrons. The van der Waals surface area contributed by atoms with Crippen molar-refractivity contribution >= 4 is 45.7 Å². The Labute approximate surface area is 182 Å². The fraction of sp³-hybridized carbons (Fsp3) is 0.368. The lowest BCUT2D eigenvalue weighted by Crippen LogP contribution is -2.23. The van der Waals surface area contributed by atoms with Gasteiger partial charge in [0.25, 0.3) is 0 Å². The number of para-hydroxylation sites is 1. The Morgan fingerprint density at radius 1 is 1.34 bits per heavy atom. The predicted octanol–water partition coefficient (Wildman–Crippen LogP) is 4.98. The van der Waals surface area contributed by atoms with E-state index in [1.165, 1.54) is 23.1 Å². The van der Waals surface area contributed by atoms with Crippen LogP contribution in [0.4, 0.5) is 5.13 Å². The fourth-order valence-corrected chi connectivity index (χ4v) is 4.39. The van der Waals surface area contributed by atoms with E-state index in [1.54, 1.807) is 6.07 Å². The van der Waals surface area contributed by atoms with E-state index in [9.17, 15) is 4.79 Å². The molecule has 2 heterocycles. The van der Waals surface area contributed by atoms with Crippen LogP contribution in [0, 0.1) is 6.92 Å². The average Bonchev–Trinajstić information content (AvgIpc) is 3.29. The van der Waals surface area contributed by atoms with E-state index < -0.39 is 0 Å². The summed E-state index contributed by atoms with van der Waals surface area (Å²) in [4.78, 5) is 16.7. The first-order valence-corrected chi connectivity index (χ1v) is 11.3. The van der Waals surface area contributed by atoms with Gasteiger partial charge in [-0.05, 0) is 39.8 Å². The molecule has 1 aromatic carbocycles. The SMILES string of the molecule is CCn1c(SC(C)C(=O)Nc2nc(C)cs2)nnc1C(C)Oc1ccccc1Cl. The third-order valence-electron chi connectivity index (χ3n) is 4.07. The molecule has 0 spiro atoms. The molecule has 2 unspecified atom stereocenters. The maximum atomic E-state index is 12.5. The minimum atomic E-state index is -0.360. The van der Waals surface area contributed by atoms with Crippen LogP contribution >= 0.6 is 34.7 Å². The van der Waals surface area contributed by atoms with Gasteiger partial charge in [-0.15, -0.1) is 21.5 Å². The van der Waals surface area contributed by atoms with Crippen LogP contribution in [0.15, 0.2) is 34.8 Å². The molecule has 0 radical (unpaired) electrons. The molecule has 0 fully saturated rings. The van der Waals surface area contributed by atoms with Crippen molar-refractivity contribution in [2.24, 2.45) is 0 Å². The number of aromatic nitrogens is 4. The van der Waals surface area contributed by atoms with Crippen LogP contribution in [0.5, 0.6) is 5.75 Å². The molecule has 0 aliphatic heterocycles. The topological polar surface area (TPSA) is 81.9 Å². The van der Waals surface area contributed by atoms with Gasteiger partial charge in [0.1, 0.15) is 5.75 Å². The van der Waals surface area contributed by atoms with Crippen molar-refractivity contribution in [2.75, 3.05) is 5.32 Å². The summed E-state index contributed by atoms with van der Waals surface area (Å²) in [6.07, 6.45) is -0.348. The number of ether oxygens (including phenoxy) is 1. The van der Waals surface area contributed by atoms with Gasteiger partial charge in [0.2, 0.25) is 5.91 Å². The molecule has 3 aromatic rings. The highest BCUT2D eigenvalue weighted by Gasteiger charge is 2.23. The maximum absolute atomic E-state index is 12.5. The summed E-state index contributed by atoms with van der Waals surface area (Å²) in [5.74, 6) is 1.14. The molecule has 10 heteroatoms. The molecule has 0 aliphatic carbocycles. The van der Waals surface area contributed by atoms with Gasteiger partial charge in [0, 0.05) is 11.9 Å². The summed E-state index contributed by atoms with van der Waals surface area (Å²) < 4.78 is 7.92. The Hall–Kier alpha value is -2.10. The summed E-state index contributed by atoms with van der Waals surface area (Å²) in [5, 5.41) is 14.7. The van der Waals surface area contributed by atoms with Gasteiger partial charge in [-0.3, -0.25) is 4.79 Å². The zero-order valence-electron chi connectivity index (χ0n) is 16.5. The van der Waals surface area contributed by atoms with Crippen LogP contribution in [0.1, 0.15) is 38.4 Å². The first kappa shape index (κ1) is 21.6. The summed E-state index contributed by atoms with van der Waals surface area (Å²) in [6.45, 7) is 8.28. The first-order chi connectivity index (χ1) is 13.9. The summed E-state index contributed by atoms with van der Waals surface area (Å²) >= 11 is 8.94. The number of rotatable bonds is 8. The van der Waals surface area contributed by atoms with Crippen molar-refractivity contribution in [3.63, 3.8) is 0 Å². The second-order valence-corrected chi connectivity index (χ2v) is 8.89. The highest BCUT2D eigenvalue weighted by atomic mass is 35.5. The van der Waals surface area contributed by atoms with Crippen molar-refractivity contribution in [1.29, 1.82) is 0 Å². The quantitative estimate of drug-likeness (QED) is 0.486. The molecule has 2 atom stereocenters. The van der Waals surface area contributed by atoms with E-state index in [1.807, 2.05) is 55.8 Å². The van der Waals surface area contributed by atoms with Gasteiger partial charge in [0.15, 0.2) is 22.2 Å². The number of hydrogen-bond acceptors (Lipinski definition) is 7. The molecule has 2 aromatic heterocycles. The van der Waals surface area contributed by atoms with Crippen LogP contribution in [0.3, 0.4) is 0 Å². The number of anilines is 1. The van der Waals surface area contributed by atoms with Crippen molar-refractivity contribution in [3.8, 4) is 5.75 Å². The number of benzene rings is 1. The Kier molecular flexibility index (Phi) is 7.15. The smallest absolute Gasteiger partial charge is 0.239 e. The lowest BCUT2D eigenvalue weighted by Gasteiger charge is -2.17. The van der Waals surface area contributed by atoms with Crippen LogP contribution in [0.25, 0.3) is 0 Å². The zero-order valence-corrected chi connectivity index (χ0v) is 18.9. The third kappa shape index (κ3) is 5.29. The van der Waals surface area contributed by atoms with E-state index in [0.717, 1.165) is 5.69 Å². The third-order valence-corrected chi connectivity index (χ3v) is 6.33. The van der Waals surface area contributed by atoms with E-state index >= 15 is 0 Å². The van der Waals surface area contributed by atoms with Crippen LogP contribution in [-0.2, 0) is 11.3 Å². The standard InChI is InChI=1S/C19H22ClN5O2S2/c1-5-25-16(12(3)27-15-9-7-6-8-14(15)20)23-24-19(25)29-13(4)17(26)22-18-21-11(2)10-28-18/h6-10,12-13H,5H2,1-4H3,(H,21,22,26). The van der Waals surface area contributed by atoms with Gasteiger partial charge in [0.05, 0.1) is 16.0 Å². The van der Waals surface area contributed by atoms with Gasteiger partial charge < -0.3 is 14.6 Å². The molecule has 1 amide bonds. The number of amides is 1. The van der Waals surface area contributed by atoms with Crippen LogP contribution in [0.2, 0.25) is 5.02 Å². The van der Waals surface area contributed by atoms with E-state index in [2.05, 4.69) is 20.5 Å². The molecule has 7 nitrogen and oxygen atoms in total. The highest BCUT2D eigenvalue weighted by molar-refractivity contribution is 8.00. The van der Waals surface area contributed by atoms with E-state index in [-0.39, 0.29) is 17.3 Å². The molecule has 3 rings (SSSR count). The summed E-state index contributed by atoms with van der Waals surface area (Å²) in [7, 11) is 0. The molecule has 1 N–H and O–H groups in total. The number of halogens is 1. The fourth-order valence-electron chi connectivity index (χ4n) is 2.60. The molecule has 0 aliphatic rings. The molecular weight excluding hydrogens is 430 g/mol. The molecule has 0 saturated carbocycles. The minimum Gasteiger partial charge on any atom is -0.481 e. The number of thiazole rings is 1. The minimum absolute atomic E-state index is 0.128. The number of nitrogens with one attached hydrogen (secondary N) is 1. The lowest BCUT2D eigenvalue weighted by atomic mass is 10.3. The number of nitrogens with zero attached hydrogens (tertiary/aromatic N) is 4. The van der Waals surface area contributed by atoms with E-state index in [0.29, 0.717) is 33.4 Å². The van der Waals surface area contributed by atoms with E-state index in [4.69, 9.17) is 16.3 Å².